The van der Waals surface area contributed by atoms with Crippen LogP contribution >= 0.6 is 11.3 Å². The Morgan fingerprint density at radius 3 is 2.58 bits per heavy atom. The number of hydrogen-bond donors (Lipinski definition) is 0. The Morgan fingerprint density at radius 1 is 1.26 bits per heavy atom. The largest absolute Gasteiger partial charge is 0.292 e. The van der Waals surface area contributed by atoms with Gasteiger partial charge in [0, 0.05) is 4.88 Å². The van der Waals surface area contributed by atoms with Crippen LogP contribution in [0.3, 0.4) is 0 Å². The molecule has 0 unspecified atom stereocenters. The van der Waals surface area contributed by atoms with E-state index in [1.807, 2.05) is 6.92 Å². The lowest BCUT2D eigenvalue weighted by Crippen LogP contribution is -2.15. The van der Waals surface area contributed by atoms with Crippen molar-refractivity contribution in [3.8, 4) is 0 Å². The normalized spacial score (nSPS) is 11.5. The third kappa shape index (κ3) is 3.27. The lowest BCUT2D eigenvalue weighted by molar-refractivity contribution is 0.102. The molecule has 1 heterocycles. The molecule has 0 atom stereocenters. The van der Waals surface area contributed by atoms with Crippen LogP contribution < -0.4 is 0 Å². The van der Waals surface area contributed by atoms with Crippen molar-refractivity contribution in [1.82, 2.24) is 0 Å². The Kier molecular flexibility index (Phi) is 3.82. The third-order valence-electron chi connectivity index (χ3n) is 2.49. The van der Waals surface area contributed by atoms with Gasteiger partial charge in [0.05, 0.1) is 9.77 Å². The number of halogens is 1. The molecule has 1 aromatic heterocycles. The molecule has 0 aliphatic heterocycles. The van der Waals surface area contributed by atoms with Crippen molar-refractivity contribution in [3.63, 3.8) is 0 Å². The summed E-state index contributed by atoms with van der Waals surface area (Å²) in [5.41, 5.74) is 0. The maximum absolute atomic E-state index is 13.0. The molecule has 0 radical (unpaired) electrons. The van der Waals surface area contributed by atoms with Crippen molar-refractivity contribution in [2.45, 2.75) is 11.8 Å². The number of carbonyl (C=O) groups is 1. The van der Waals surface area contributed by atoms with E-state index in [4.69, 9.17) is 0 Å². The van der Waals surface area contributed by atoms with Crippen molar-refractivity contribution in [2.75, 3.05) is 5.75 Å². The fourth-order valence-corrected chi connectivity index (χ4v) is 3.71. The lowest BCUT2D eigenvalue weighted by atomic mass is 10.3. The molecule has 100 valence electrons. The molecule has 2 aromatic rings. The Morgan fingerprint density at radius 2 is 2.00 bits per heavy atom. The summed E-state index contributed by atoms with van der Waals surface area (Å²) in [6, 6.07) is 8.02. The van der Waals surface area contributed by atoms with Crippen LogP contribution in [-0.4, -0.2) is 20.0 Å². The molecule has 0 spiro atoms. The van der Waals surface area contributed by atoms with E-state index in [2.05, 4.69) is 0 Å². The van der Waals surface area contributed by atoms with Gasteiger partial charge in [0.25, 0.3) is 0 Å². The minimum atomic E-state index is -3.80. The second-order valence-electron chi connectivity index (χ2n) is 4.05. The van der Waals surface area contributed by atoms with Crippen LogP contribution in [0.4, 0.5) is 4.39 Å². The number of ketones is 1. The van der Waals surface area contributed by atoms with Gasteiger partial charge in [0.2, 0.25) is 0 Å². The summed E-state index contributed by atoms with van der Waals surface area (Å²) in [4.78, 5) is 13.0. The molecular formula is C13H11FO3S2. The maximum atomic E-state index is 13.0. The van der Waals surface area contributed by atoms with Crippen molar-refractivity contribution in [1.29, 1.82) is 0 Å². The average Bonchev–Trinajstić information content (AvgIpc) is 2.75. The summed E-state index contributed by atoms with van der Waals surface area (Å²) < 4.78 is 37.0. The van der Waals surface area contributed by atoms with Crippen molar-refractivity contribution >= 4 is 27.0 Å². The van der Waals surface area contributed by atoms with Crippen LogP contribution in [0.15, 0.2) is 41.3 Å². The first kappa shape index (κ1) is 13.9. The summed E-state index contributed by atoms with van der Waals surface area (Å²) in [7, 11) is -3.80. The van der Waals surface area contributed by atoms with E-state index >= 15 is 0 Å². The molecule has 0 saturated heterocycles. The first-order valence-electron chi connectivity index (χ1n) is 5.46. The van der Waals surface area contributed by atoms with E-state index in [1.54, 1.807) is 12.1 Å². The Labute approximate surface area is 114 Å². The first-order valence-corrected chi connectivity index (χ1v) is 7.93. The monoisotopic (exact) mass is 298 g/mol. The number of thiophene rings is 1. The molecule has 19 heavy (non-hydrogen) atoms. The highest BCUT2D eigenvalue weighted by Crippen LogP contribution is 2.19. The molecule has 0 aliphatic rings. The van der Waals surface area contributed by atoms with Gasteiger partial charge in [-0.2, -0.15) is 0 Å². The number of benzene rings is 1. The minimum Gasteiger partial charge on any atom is -0.292 e. The number of hydrogen-bond acceptors (Lipinski definition) is 4. The Balaban J connectivity index is 2.25. The van der Waals surface area contributed by atoms with Crippen LogP contribution in [-0.2, 0) is 9.84 Å². The lowest BCUT2D eigenvalue weighted by Gasteiger charge is -2.03. The Hall–Kier alpha value is -1.53. The maximum Gasteiger partial charge on any atom is 0.188 e. The smallest absolute Gasteiger partial charge is 0.188 e. The van der Waals surface area contributed by atoms with Crippen molar-refractivity contribution in [2.24, 2.45) is 0 Å². The molecule has 0 fully saturated rings. The second kappa shape index (κ2) is 5.22. The van der Waals surface area contributed by atoms with Gasteiger partial charge >= 0.3 is 0 Å². The summed E-state index contributed by atoms with van der Waals surface area (Å²) in [5, 5.41) is 0. The summed E-state index contributed by atoms with van der Waals surface area (Å²) in [5.74, 6) is -1.75. The molecule has 0 aliphatic carbocycles. The van der Waals surface area contributed by atoms with Gasteiger partial charge in [-0.15, -0.1) is 11.3 Å². The van der Waals surface area contributed by atoms with Crippen LogP contribution in [0.25, 0.3) is 0 Å². The highest BCUT2D eigenvalue weighted by molar-refractivity contribution is 7.92. The topological polar surface area (TPSA) is 51.2 Å². The summed E-state index contributed by atoms with van der Waals surface area (Å²) >= 11 is 1.25. The van der Waals surface area contributed by atoms with E-state index < -0.39 is 27.2 Å². The number of sulfone groups is 1. The van der Waals surface area contributed by atoms with Crippen LogP contribution in [0, 0.1) is 12.7 Å². The van der Waals surface area contributed by atoms with E-state index in [0.717, 1.165) is 17.0 Å². The SMILES string of the molecule is Cc1ccc(C(=O)CS(=O)(=O)c2cccc(F)c2)s1. The number of aryl methyl sites for hydroxylation is 1. The highest BCUT2D eigenvalue weighted by Gasteiger charge is 2.21. The van der Waals surface area contributed by atoms with Gasteiger partial charge in [-0.05, 0) is 37.3 Å². The molecule has 0 bridgehead atoms. The predicted molar refractivity (Wildman–Crippen MR) is 71.8 cm³/mol. The van der Waals surface area contributed by atoms with E-state index in [0.29, 0.717) is 4.88 Å². The van der Waals surface area contributed by atoms with Gasteiger partial charge in [-0.3, -0.25) is 4.79 Å². The highest BCUT2D eigenvalue weighted by atomic mass is 32.2. The molecule has 0 N–H and O–H groups in total. The minimum absolute atomic E-state index is 0.172. The van der Waals surface area contributed by atoms with Gasteiger partial charge in [0.15, 0.2) is 15.6 Å². The van der Waals surface area contributed by atoms with Crippen molar-refractivity contribution < 1.29 is 17.6 Å². The van der Waals surface area contributed by atoms with E-state index in [-0.39, 0.29) is 4.90 Å². The molecular weight excluding hydrogens is 287 g/mol. The first-order chi connectivity index (χ1) is 8.88. The van der Waals surface area contributed by atoms with Gasteiger partial charge in [-0.1, -0.05) is 6.07 Å². The van der Waals surface area contributed by atoms with E-state index in [9.17, 15) is 17.6 Å². The molecule has 2 rings (SSSR count). The zero-order valence-electron chi connectivity index (χ0n) is 10.1. The number of rotatable bonds is 4. The fraction of sp³-hybridized carbons (Fsp3) is 0.154. The van der Waals surface area contributed by atoms with E-state index in [1.165, 1.54) is 23.5 Å². The van der Waals surface area contributed by atoms with Crippen LogP contribution in [0.2, 0.25) is 0 Å². The van der Waals surface area contributed by atoms with Crippen molar-refractivity contribution in [3.05, 3.63) is 52.0 Å². The predicted octanol–water partition coefficient (Wildman–Crippen LogP) is 2.85. The van der Waals surface area contributed by atoms with Crippen LogP contribution in [0.5, 0.6) is 0 Å². The summed E-state index contributed by atoms with van der Waals surface area (Å²) in [6.45, 7) is 1.84. The Bertz CT molecular complexity index is 717. The molecule has 6 heteroatoms. The fourth-order valence-electron chi connectivity index (χ4n) is 1.57. The van der Waals surface area contributed by atoms with Gasteiger partial charge in [-0.25, -0.2) is 12.8 Å². The third-order valence-corrected chi connectivity index (χ3v) is 5.15. The second-order valence-corrected chi connectivity index (χ2v) is 7.33. The number of carbonyl (C=O) groups excluding carboxylic acids is 1. The molecule has 1 aromatic carbocycles. The molecule has 0 saturated carbocycles. The average molecular weight is 298 g/mol. The summed E-state index contributed by atoms with van der Waals surface area (Å²) in [6.07, 6.45) is 0. The molecule has 3 nitrogen and oxygen atoms in total. The standard InChI is InChI=1S/C13H11FO3S2/c1-9-5-6-13(18-9)12(15)8-19(16,17)11-4-2-3-10(14)7-11/h2-7H,8H2,1H3. The van der Waals surface area contributed by atoms with Gasteiger partial charge in [0.1, 0.15) is 11.6 Å². The zero-order chi connectivity index (χ0) is 14.0. The zero-order valence-corrected chi connectivity index (χ0v) is 11.7. The number of Topliss-reactive ketones (excluding diaryl/α,β-unsaturated/α-hetero) is 1. The molecule has 0 amide bonds. The van der Waals surface area contributed by atoms with Crippen LogP contribution in [0.1, 0.15) is 14.5 Å². The quantitative estimate of drug-likeness (QED) is 0.816. The van der Waals surface area contributed by atoms with Gasteiger partial charge < -0.3 is 0 Å².